The average Bonchev–Trinajstić information content (AvgIpc) is 2.80. The number of carbonyl (C=O) groups is 1. The van der Waals surface area contributed by atoms with Crippen molar-refractivity contribution in [2.75, 3.05) is 13.1 Å². The highest BCUT2D eigenvalue weighted by Crippen LogP contribution is 2.24. The van der Waals surface area contributed by atoms with Crippen LogP contribution in [0.2, 0.25) is 5.02 Å². The molecule has 2 rings (SSSR count). The Morgan fingerprint density at radius 1 is 1.58 bits per heavy atom. The molecule has 1 aromatic carbocycles. The number of nitrogens with zero attached hydrogens (tertiary/aromatic N) is 1. The Balaban J connectivity index is 1.86. The molecule has 1 aliphatic heterocycles. The summed E-state index contributed by atoms with van der Waals surface area (Å²) in [6.45, 7) is 3.39. The lowest BCUT2D eigenvalue weighted by Gasteiger charge is -2.21. The number of urea groups is 1. The van der Waals surface area contributed by atoms with Gasteiger partial charge < -0.3 is 15.3 Å². The van der Waals surface area contributed by atoms with E-state index in [1.165, 1.54) is 0 Å². The maximum absolute atomic E-state index is 12.0. The number of rotatable bonds is 3. The lowest BCUT2D eigenvalue weighted by Crippen LogP contribution is -2.41. The van der Waals surface area contributed by atoms with E-state index in [0.717, 1.165) is 5.56 Å². The lowest BCUT2D eigenvalue weighted by atomic mass is 10.0. The van der Waals surface area contributed by atoms with E-state index in [1.807, 2.05) is 25.1 Å². The first-order valence-electron chi connectivity index (χ1n) is 6.52. The molecule has 0 aliphatic carbocycles. The molecule has 1 unspecified atom stereocenters. The molecule has 2 amide bonds. The van der Waals surface area contributed by atoms with Crippen LogP contribution < -0.4 is 5.32 Å². The smallest absolute Gasteiger partial charge is 0.317 e. The summed E-state index contributed by atoms with van der Waals surface area (Å²) < 4.78 is 0. The molecule has 0 aromatic heterocycles. The van der Waals surface area contributed by atoms with E-state index >= 15 is 0 Å². The highest BCUT2D eigenvalue weighted by molar-refractivity contribution is 6.30. The van der Waals surface area contributed by atoms with Crippen molar-refractivity contribution >= 4 is 17.6 Å². The quantitative estimate of drug-likeness (QED) is 0.894. The zero-order chi connectivity index (χ0) is 13.9. The second-order valence-corrected chi connectivity index (χ2v) is 5.47. The predicted molar refractivity (Wildman–Crippen MR) is 75.1 cm³/mol. The number of carbonyl (C=O) groups excluding carboxylic acids is 1. The van der Waals surface area contributed by atoms with Crippen LogP contribution >= 0.6 is 11.6 Å². The monoisotopic (exact) mass is 282 g/mol. The molecule has 0 spiro atoms. The Hall–Kier alpha value is -1.26. The van der Waals surface area contributed by atoms with E-state index in [2.05, 4.69) is 5.32 Å². The highest BCUT2D eigenvalue weighted by Gasteiger charge is 2.36. The Labute approximate surface area is 118 Å². The maximum Gasteiger partial charge on any atom is 0.317 e. The van der Waals surface area contributed by atoms with Gasteiger partial charge in [-0.05, 0) is 30.5 Å². The van der Waals surface area contributed by atoms with E-state index in [4.69, 9.17) is 11.6 Å². The van der Waals surface area contributed by atoms with Gasteiger partial charge in [0.1, 0.15) is 0 Å². The minimum Gasteiger partial charge on any atom is -0.388 e. The fourth-order valence-electron chi connectivity index (χ4n) is 2.25. The van der Waals surface area contributed by atoms with Gasteiger partial charge in [0.25, 0.3) is 0 Å². The summed E-state index contributed by atoms with van der Waals surface area (Å²) in [4.78, 5) is 13.6. The molecule has 5 heteroatoms. The topological polar surface area (TPSA) is 52.6 Å². The van der Waals surface area contributed by atoms with Crippen molar-refractivity contribution < 1.29 is 9.90 Å². The zero-order valence-corrected chi connectivity index (χ0v) is 11.8. The van der Waals surface area contributed by atoms with Crippen LogP contribution in [-0.4, -0.2) is 34.7 Å². The summed E-state index contributed by atoms with van der Waals surface area (Å²) in [5, 5.41) is 13.6. The standard InChI is InChI=1S/C14H19ClN2O2/c1-2-14(19)6-7-17(10-14)13(18)16-9-11-4-3-5-12(15)8-11/h3-5,8,19H,2,6-7,9-10H2,1H3,(H,16,18). The average molecular weight is 283 g/mol. The molecular weight excluding hydrogens is 264 g/mol. The molecule has 19 heavy (non-hydrogen) atoms. The van der Waals surface area contributed by atoms with Crippen LogP contribution in [0.5, 0.6) is 0 Å². The van der Waals surface area contributed by atoms with Gasteiger partial charge in [0, 0.05) is 18.1 Å². The van der Waals surface area contributed by atoms with Crippen LogP contribution in [0.1, 0.15) is 25.3 Å². The largest absolute Gasteiger partial charge is 0.388 e. The van der Waals surface area contributed by atoms with Gasteiger partial charge in [-0.15, -0.1) is 0 Å². The number of amides is 2. The van der Waals surface area contributed by atoms with Gasteiger partial charge in [-0.3, -0.25) is 0 Å². The minimum absolute atomic E-state index is 0.135. The van der Waals surface area contributed by atoms with Crippen LogP contribution in [0.3, 0.4) is 0 Å². The molecule has 104 valence electrons. The Morgan fingerprint density at radius 2 is 2.37 bits per heavy atom. The van der Waals surface area contributed by atoms with Crippen molar-refractivity contribution in [2.45, 2.75) is 31.9 Å². The molecule has 0 saturated carbocycles. The maximum atomic E-state index is 12.0. The van der Waals surface area contributed by atoms with Crippen molar-refractivity contribution in [3.05, 3.63) is 34.9 Å². The summed E-state index contributed by atoms with van der Waals surface area (Å²) in [6, 6.07) is 7.26. The number of likely N-dealkylation sites (tertiary alicyclic amines) is 1. The zero-order valence-electron chi connectivity index (χ0n) is 11.0. The van der Waals surface area contributed by atoms with Gasteiger partial charge in [-0.1, -0.05) is 30.7 Å². The Bertz CT molecular complexity index is 467. The number of nitrogens with one attached hydrogen (secondary N) is 1. The molecule has 1 heterocycles. The first kappa shape index (κ1) is 14.2. The van der Waals surface area contributed by atoms with Gasteiger partial charge in [0.2, 0.25) is 0 Å². The van der Waals surface area contributed by atoms with Gasteiger partial charge >= 0.3 is 6.03 Å². The molecule has 1 aliphatic rings. The number of aliphatic hydroxyl groups is 1. The third kappa shape index (κ3) is 3.61. The number of hydrogen-bond acceptors (Lipinski definition) is 2. The molecule has 0 bridgehead atoms. The second-order valence-electron chi connectivity index (χ2n) is 5.04. The van der Waals surface area contributed by atoms with Gasteiger partial charge in [0.05, 0.1) is 12.1 Å². The van der Waals surface area contributed by atoms with Crippen molar-refractivity contribution in [1.29, 1.82) is 0 Å². The second kappa shape index (κ2) is 5.80. The van der Waals surface area contributed by atoms with Crippen LogP contribution in [-0.2, 0) is 6.54 Å². The molecule has 1 saturated heterocycles. The number of halogens is 1. The molecule has 4 nitrogen and oxygen atoms in total. The number of benzene rings is 1. The Kier molecular flexibility index (Phi) is 4.32. The van der Waals surface area contributed by atoms with Crippen LogP contribution in [0.15, 0.2) is 24.3 Å². The molecule has 1 atom stereocenters. The fourth-order valence-corrected chi connectivity index (χ4v) is 2.47. The summed E-state index contributed by atoms with van der Waals surface area (Å²) in [5.74, 6) is 0. The first-order valence-corrected chi connectivity index (χ1v) is 6.90. The first-order chi connectivity index (χ1) is 9.02. The molecule has 1 fully saturated rings. The summed E-state index contributed by atoms with van der Waals surface area (Å²) in [7, 11) is 0. The number of hydrogen-bond donors (Lipinski definition) is 2. The normalized spacial score (nSPS) is 22.6. The van der Waals surface area contributed by atoms with Crippen molar-refractivity contribution in [1.82, 2.24) is 10.2 Å². The van der Waals surface area contributed by atoms with Crippen LogP contribution in [0.25, 0.3) is 0 Å². The Morgan fingerprint density at radius 3 is 3.00 bits per heavy atom. The van der Waals surface area contributed by atoms with Crippen LogP contribution in [0.4, 0.5) is 4.79 Å². The van der Waals surface area contributed by atoms with Gasteiger partial charge in [-0.2, -0.15) is 0 Å². The van der Waals surface area contributed by atoms with Gasteiger partial charge in [-0.25, -0.2) is 4.79 Å². The molecule has 1 aromatic rings. The third-order valence-corrected chi connectivity index (χ3v) is 3.85. The third-order valence-electron chi connectivity index (χ3n) is 3.61. The van der Waals surface area contributed by atoms with Crippen LogP contribution in [0, 0.1) is 0 Å². The van der Waals surface area contributed by atoms with Gasteiger partial charge in [0.15, 0.2) is 0 Å². The lowest BCUT2D eigenvalue weighted by molar-refractivity contribution is 0.0486. The SMILES string of the molecule is CCC1(O)CCN(C(=O)NCc2cccc(Cl)c2)C1. The summed E-state index contributed by atoms with van der Waals surface area (Å²) >= 11 is 5.89. The molecule has 2 N–H and O–H groups in total. The minimum atomic E-state index is -0.715. The predicted octanol–water partition coefficient (Wildman–Crippen LogP) is 2.40. The van der Waals surface area contributed by atoms with Crippen molar-refractivity contribution in [2.24, 2.45) is 0 Å². The molecular formula is C14H19ClN2O2. The summed E-state index contributed by atoms with van der Waals surface area (Å²) in [5.41, 5.74) is 0.249. The fraction of sp³-hybridized carbons (Fsp3) is 0.500. The van der Waals surface area contributed by atoms with E-state index < -0.39 is 5.60 Å². The number of β-amino-alcohol motifs (C(OH)–C–C–N with tert-alkyl or cyclic N) is 1. The van der Waals surface area contributed by atoms with E-state index in [0.29, 0.717) is 37.5 Å². The van der Waals surface area contributed by atoms with E-state index in [9.17, 15) is 9.90 Å². The van der Waals surface area contributed by atoms with E-state index in [-0.39, 0.29) is 6.03 Å². The summed E-state index contributed by atoms with van der Waals surface area (Å²) in [6.07, 6.45) is 1.32. The molecule has 0 radical (unpaired) electrons. The van der Waals surface area contributed by atoms with Crippen molar-refractivity contribution in [3.8, 4) is 0 Å². The van der Waals surface area contributed by atoms with Crippen molar-refractivity contribution in [3.63, 3.8) is 0 Å². The highest BCUT2D eigenvalue weighted by atomic mass is 35.5. The van der Waals surface area contributed by atoms with E-state index in [1.54, 1.807) is 11.0 Å².